The number of nitrogens with one attached hydrogen (secondary N) is 1. The molecule has 26 heavy (non-hydrogen) atoms. The van der Waals surface area contributed by atoms with Crippen molar-refractivity contribution in [2.45, 2.75) is 63.6 Å². The average molecular weight is 359 g/mol. The van der Waals surface area contributed by atoms with Gasteiger partial charge in [-0.2, -0.15) is 0 Å². The third kappa shape index (κ3) is 3.53. The van der Waals surface area contributed by atoms with E-state index in [1.54, 1.807) is 0 Å². The summed E-state index contributed by atoms with van der Waals surface area (Å²) in [6, 6.07) is 6.93. The second kappa shape index (κ2) is 7.67. The maximum absolute atomic E-state index is 13.3. The van der Waals surface area contributed by atoms with Gasteiger partial charge in [-0.3, -0.25) is 14.6 Å². The van der Waals surface area contributed by atoms with Gasteiger partial charge in [0.25, 0.3) is 0 Å². The van der Waals surface area contributed by atoms with Crippen molar-refractivity contribution in [2.75, 3.05) is 32.5 Å². The van der Waals surface area contributed by atoms with E-state index in [2.05, 4.69) is 41.1 Å². The van der Waals surface area contributed by atoms with Crippen molar-refractivity contribution < 1.29 is 4.79 Å². The molecule has 1 aliphatic carbocycles. The van der Waals surface area contributed by atoms with Crippen molar-refractivity contribution >= 4 is 11.6 Å². The van der Waals surface area contributed by atoms with E-state index in [9.17, 15) is 4.79 Å². The number of benzene rings is 1. The number of carbonyl (C=O) groups excluding carboxylic acids is 1. The lowest BCUT2D eigenvalue weighted by atomic mass is 9.84. The van der Waals surface area contributed by atoms with Crippen molar-refractivity contribution in [3.63, 3.8) is 0 Å². The van der Waals surface area contributed by atoms with Gasteiger partial charge in [0, 0.05) is 30.9 Å². The number of rotatable bonds is 4. The first-order chi connectivity index (χ1) is 12.3. The summed E-state index contributed by atoms with van der Waals surface area (Å²) >= 11 is 0. The zero-order valence-electron chi connectivity index (χ0n) is 16.7. The Hall–Kier alpha value is -1.43. The van der Waals surface area contributed by atoms with Gasteiger partial charge in [0.2, 0.25) is 5.91 Å². The second-order valence-electron chi connectivity index (χ2n) is 8.35. The molecular weight excluding hydrogens is 324 g/mol. The SMILES string of the molecule is Cc1cccc(C)c1NC(=O)C1(N(C)C)CCN(C2CCCC2N)CC1. The van der Waals surface area contributed by atoms with Crippen LogP contribution in [0.1, 0.15) is 43.2 Å². The monoisotopic (exact) mass is 358 g/mol. The Morgan fingerprint density at radius 3 is 2.31 bits per heavy atom. The topological polar surface area (TPSA) is 61.6 Å². The van der Waals surface area contributed by atoms with Crippen LogP contribution in [-0.4, -0.2) is 60.5 Å². The molecular formula is C21H34N4O. The van der Waals surface area contributed by atoms with E-state index in [4.69, 9.17) is 5.73 Å². The van der Waals surface area contributed by atoms with E-state index in [1.807, 2.05) is 20.2 Å². The number of nitrogens with zero attached hydrogens (tertiary/aromatic N) is 2. The number of aryl methyl sites for hydroxylation is 2. The standard InChI is InChI=1S/C21H34N4O/c1-15-7-5-8-16(2)19(15)23-20(26)21(24(3)4)11-13-25(14-12-21)18-10-6-9-17(18)22/h5,7-8,17-18H,6,9-14,22H2,1-4H3,(H,23,26). The van der Waals surface area contributed by atoms with Crippen LogP contribution in [0.2, 0.25) is 0 Å². The lowest BCUT2D eigenvalue weighted by Gasteiger charge is -2.46. The molecule has 1 saturated heterocycles. The minimum absolute atomic E-state index is 0.121. The van der Waals surface area contributed by atoms with E-state index >= 15 is 0 Å². The lowest BCUT2D eigenvalue weighted by Crippen LogP contribution is -2.61. The van der Waals surface area contributed by atoms with E-state index in [0.717, 1.165) is 49.2 Å². The second-order valence-corrected chi connectivity index (χ2v) is 8.35. The Balaban J connectivity index is 1.74. The van der Waals surface area contributed by atoms with E-state index in [0.29, 0.717) is 12.1 Å². The molecule has 0 radical (unpaired) electrons. The number of amides is 1. The van der Waals surface area contributed by atoms with Crippen LogP contribution in [0.25, 0.3) is 0 Å². The van der Waals surface area contributed by atoms with Crippen molar-refractivity contribution in [3.05, 3.63) is 29.3 Å². The maximum atomic E-state index is 13.3. The number of likely N-dealkylation sites (N-methyl/N-ethyl adjacent to an activating group) is 1. The van der Waals surface area contributed by atoms with Crippen molar-refractivity contribution in [2.24, 2.45) is 5.73 Å². The van der Waals surface area contributed by atoms with Gasteiger partial charge >= 0.3 is 0 Å². The number of para-hydroxylation sites is 1. The zero-order chi connectivity index (χ0) is 18.9. The Bertz CT molecular complexity index is 629. The molecule has 1 saturated carbocycles. The van der Waals surface area contributed by atoms with Gasteiger partial charge in [-0.1, -0.05) is 24.6 Å². The van der Waals surface area contributed by atoms with Crippen LogP contribution in [-0.2, 0) is 4.79 Å². The van der Waals surface area contributed by atoms with Crippen LogP contribution >= 0.6 is 0 Å². The maximum Gasteiger partial charge on any atom is 0.244 e. The van der Waals surface area contributed by atoms with Crippen LogP contribution in [0.5, 0.6) is 0 Å². The minimum Gasteiger partial charge on any atom is -0.326 e. The number of carbonyl (C=O) groups is 1. The fourth-order valence-electron chi connectivity index (χ4n) is 4.77. The highest BCUT2D eigenvalue weighted by molar-refractivity contribution is 5.99. The Labute approximate surface area is 157 Å². The summed E-state index contributed by atoms with van der Waals surface area (Å²) in [7, 11) is 4.06. The van der Waals surface area contributed by atoms with E-state index < -0.39 is 5.54 Å². The molecule has 2 aliphatic rings. The molecule has 0 bridgehead atoms. The fraction of sp³-hybridized carbons (Fsp3) is 0.667. The number of hydrogen-bond acceptors (Lipinski definition) is 4. The fourth-order valence-corrected chi connectivity index (χ4v) is 4.77. The first-order valence-electron chi connectivity index (χ1n) is 9.90. The van der Waals surface area contributed by atoms with E-state index in [-0.39, 0.29) is 5.91 Å². The van der Waals surface area contributed by atoms with Crippen molar-refractivity contribution in [3.8, 4) is 0 Å². The highest BCUT2D eigenvalue weighted by Crippen LogP contribution is 2.33. The number of hydrogen-bond donors (Lipinski definition) is 2. The molecule has 2 unspecified atom stereocenters. The number of nitrogens with two attached hydrogens (primary N) is 1. The van der Waals surface area contributed by atoms with Crippen LogP contribution in [0.15, 0.2) is 18.2 Å². The molecule has 1 heterocycles. The summed E-state index contributed by atoms with van der Waals surface area (Å²) in [5.74, 6) is 0.121. The highest BCUT2D eigenvalue weighted by Gasteiger charge is 2.45. The zero-order valence-corrected chi connectivity index (χ0v) is 16.7. The molecule has 144 valence electrons. The number of piperidine rings is 1. The van der Waals surface area contributed by atoms with Gasteiger partial charge in [0.1, 0.15) is 5.54 Å². The molecule has 5 nitrogen and oxygen atoms in total. The number of anilines is 1. The highest BCUT2D eigenvalue weighted by atomic mass is 16.2. The summed E-state index contributed by atoms with van der Waals surface area (Å²) in [4.78, 5) is 18.0. The van der Waals surface area contributed by atoms with Gasteiger partial charge in [-0.05, 0) is 64.8 Å². The lowest BCUT2D eigenvalue weighted by molar-refractivity contribution is -0.130. The van der Waals surface area contributed by atoms with Crippen molar-refractivity contribution in [1.82, 2.24) is 9.80 Å². The van der Waals surface area contributed by atoms with Gasteiger partial charge in [0.15, 0.2) is 0 Å². The Morgan fingerprint density at radius 1 is 1.19 bits per heavy atom. The largest absolute Gasteiger partial charge is 0.326 e. The Morgan fingerprint density at radius 2 is 1.81 bits per heavy atom. The van der Waals surface area contributed by atoms with Crippen LogP contribution in [0, 0.1) is 13.8 Å². The molecule has 5 heteroatoms. The molecule has 0 spiro atoms. The minimum atomic E-state index is -0.450. The smallest absolute Gasteiger partial charge is 0.244 e. The summed E-state index contributed by atoms with van der Waals surface area (Å²) in [5.41, 5.74) is 9.03. The van der Waals surface area contributed by atoms with Gasteiger partial charge in [0.05, 0.1) is 0 Å². The molecule has 2 atom stereocenters. The Kier molecular flexibility index (Phi) is 5.70. The molecule has 1 aliphatic heterocycles. The molecule has 0 aromatic heterocycles. The van der Waals surface area contributed by atoms with Crippen LogP contribution in [0.3, 0.4) is 0 Å². The van der Waals surface area contributed by atoms with Crippen LogP contribution in [0.4, 0.5) is 5.69 Å². The third-order valence-corrected chi connectivity index (χ3v) is 6.62. The van der Waals surface area contributed by atoms with E-state index in [1.165, 1.54) is 12.8 Å². The molecule has 3 N–H and O–H groups in total. The molecule has 2 fully saturated rings. The molecule has 1 aromatic rings. The van der Waals surface area contributed by atoms with Crippen LogP contribution < -0.4 is 11.1 Å². The first kappa shape index (κ1) is 19.3. The first-order valence-corrected chi connectivity index (χ1v) is 9.90. The molecule has 3 rings (SSSR count). The predicted molar refractivity (Wildman–Crippen MR) is 107 cm³/mol. The van der Waals surface area contributed by atoms with Gasteiger partial charge in [-0.25, -0.2) is 0 Å². The number of likely N-dealkylation sites (tertiary alicyclic amines) is 1. The summed E-state index contributed by atoms with van der Waals surface area (Å²) < 4.78 is 0. The summed E-state index contributed by atoms with van der Waals surface area (Å²) in [5, 5.41) is 3.24. The summed E-state index contributed by atoms with van der Waals surface area (Å²) in [6.45, 7) is 5.98. The molecule has 1 aromatic carbocycles. The average Bonchev–Trinajstić information content (AvgIpc) is 3.04. The van der Waals surface area contributed by atoms with Gasteiger partial charge < -0.3 is 11.1 Å². The molecule has 1 amide bonds. The summed E-state index contributed by atoms with van der Waals surface area (Å²) in [6.07, 6.45) is 5.26. The van der Waals surface area contributed by atoms with Crippen molar-refractivity contribution in [1.29, 1.82) is 0 Å². The quantitative estimate of drug-likeness (QED) is 0.868. The normalized spacial score (nSPS) is 26.2. The predicted octanol–water partition coefficient (Wildman–Crippen LogP) is 2.52. The third-order valence-electron chi connectivity index (χ3n) is 6.62. The van der Waals surface area contributed by atoms with Gasteiger partial charge in [-0.15, -0.1) is 0 Å².